The zero-order valence-electron chi connectivity index (χ0n) is 19.2. The lowest BCUT2D eigenvalue weighted by Crippen LogP contribution is -2.27. The maximum absolute atomic E-state index is 15.6. The van der Waals surface area contributed by atoms with Gasteiger partial charge in [0.25, 0.3) is 0 Å². The maximum Gasteiger partial charge on any atom is 0.348 e. The van der Waals surface area contributed by atoms with Gasteiger partial charge in [0.05, 0.1) is 11.3 Å². The van der Waals surface area contributed by atoms with E-state index in [1.807, 2.05) is 0 Å². The number of rotatable bonds is 7. The van der Waals surface area contributed by atoms with Crippen molar-refractivity contribution in [3.8, 4) is 39.7 Å². The van der Waals surface area contributed by atoms with Crippen molar-refractivity contribution in [1.82, 2.24) is 19.1 Å². The summed E-state index contributed by atoms with van der Waals surface area (Å²) in [5, 5.41) is 26.8. The quantitative estimate of drug-likeness (QED) is 0.344. The SMILES string of the molecule is CCCN(C)S(=O)(=O)c1cc(-c2n[nH]c(=O)n2-c2cccc(-c3cccc(F)c3)c2F)c(O)cc1O. The first-order chi connectivity index (χ1) is 17.1. The molecule has 0 aliphatic carbocycles. The van der Waals surface area contributed by atoms with E-state index in [9.17, 15) is 27.8 Å². The van der Waals surface area contributed by atoms with Crippen LogP contribution in [0.15, 0.2) is 64.3 Å². The number of phenolic OH excluding ortho intramolecular Hbond substituents is 2. The fourth-order valence-corrected chi connectivity index (χ4v) is 5.17. The fraction of sp³-hybridized carbons (Fsp3) is 0.167. The summed E-state index contributed by atoms with van der Waals surface area (Å²) in [6.07, 6.45) is 0.515. The molecule has 12 heteroatoms. The Morgan fingerprint density at radius 2 is 1.75 bits per heavy atom. The van der Waals surface area contributed by atoms with Crippen molar-refractivity contribution in [2.45, 2.75) is 18.2 Å². The summed E-state index contributed by atoms with van der Waals surface area (Å²) in [5.74, 6) is -3.05. The van der Waals surface area contributed by atoms with E-state index in [-0.39, 0.29) is 34.7 Å². The summed E-state index contributed by atoms with van der Waals surface area (Å²) >= 11 is 0. The molecule has 0 fully saturated rings. The van der Waals surface area contributed by atoms with Crippen LogP contribution >= 0.6 is 0 Å². The Morgan fingerprint density at radius 1 is 1.03 bits per heavy atom. The topological polar surface area (TPSA) is 129 Å². The van der Waals surface area contributed by atoms with Gasteiger partial charge in [0.2, 0.25) is 10.0 Å². The molecule has 0 saturated carbocycles. The van der Waals surface area contributed by atoms with Gasteiger partial charge in [-0.15, -0.1) is 0 Å². The smallest absolute Gasteiger partial charge is 0.348 e. The van der Waals surface area contributed by atoms with Gasteiger partial charge < -0.3 is 10.2 Å². The van der Waals surface area contributed by atoms with Gasteiger partial charge in [0.1, 0.15) is 22.2 Å². The lowest BCUT2D eigenvalue weighted by molar-refractivity contribution is 0.430. The van der Waals surface area contributed by atoms with Crippen LogP contribution in [0.1, 0.15) is 13.3 Å². The first-order valence-corrected chi connectivity index (χ1v) is 12.2. The van der Waals surface area contributed by atoms with E-state index in [4.69, 9.17) is 0 Å². The molecule has 0 atom stereocenters. The normalized spacial score (nSPS) is 11.8. The molecule has 0 amide bonds. The average Bonchev–Trinajstić information content (AvgIpc) is 3.20. The van der Waals surface area contributed by atoms with Gasteiger partial charge in [0, 0.05) is 25.2 Å². The number of aromatic amines is 1. The predicted octanol–water partition coefficient (Wildman–Crippen LogP) is 3.61. The van der Waals surface area contributed by atoms with Crippen molar-refractivity contribution in [2.75, 3.05) is 13.6 Å². The molecule has 0 aliphatic heterocycles. The summed E-state index contributed by atoms with van der Waals surface area (Å²) in [7, 11) is -2.83. The molecule has 0 radical (unpaired) electrons. The molecule has 1 heterocycles. The van der Waals surface area contributed by atoms with E-state index >= 15 is 4.39 Å². The number of aromatic hydroxyl groups is 2. The Morgan fingerprint density at radius 3 is 2.44 bits per heavy atom. The van der Waals surface area contributed by atoms with Crippen molar-refractivity contribution in [3.05, 3.63) is 76.7 Å². The van der Waals surface area contributed by atoms with Crippen LogP contribution in [0.4, 0.5) is 8.78 Å². The number of halogens is 2. The van der Waals surface area contributed by atoms with Gasteiger partial charge in [-0.3, -0.25) is 0 Å². The number of hydrogen-bond acceptors (Lipinski definition) is 6. The second kappa shape index (κ2) is 9.55. The molecular weight excluding hydrogens is 494 g/mol. The van der Waals surface area contributed by atoms with E-state index in [2.05, 4.69) is 10.2 Å². The summed E-state index contributed by atoms with van der Waals surface area (Å²) < 4.78 is 57.2. The van der Waals surface area contributed by atoms with Gasteiger partial charge in [-0.25, -0.2) is 36.0 Å². The Balaban J connectivity index is 1.92. The Hall–Kier alpha value is -4.03. The highest BCUT2D eigenvalue weighted by atomic mass is 32.2. The second-order valence-electron chi connectivity index (χ2n) is 8.00. The summed E-state index contributed by atoms with van der Waals surface area (Å²) in [6, 6.07) is 11.2. The third kappa shape index (κ3) is 4.36. The molecule has 36 heavy (non-hydrogen) atoms. The van der Waals surface area contributed by atoms with E-state index in [1.165, 1.54) is 43.4 Å². The minimum absolute atomic E-state index is 0.00503. The Bertz CT molecular complexity index is 1620. The van der Waals surface area contributed by atoms with E-state index in [0.717, 1.165) is 27.1 Å². The fourth-order valence-electron chi connectivity index (χ4n) is 3.82. The largest absolute Gasteiger partial charge is 0.507 e. The van der Waals surface area contributed by atoms with Crippen LogP contribution in [0.5, 0.6) is 11.5 Å². The molecule has 3 aromatic carbocycles. The zero-order chi connectivity index (χ0) is 26.2. The van der Waals surface area contributed by atoms with E-state index in [1.54, 1.807) is 6.92 Å². The van der Waals surface area contributed by atoms with E-state index < -0.39 is 43.7 Å². The molecule has 4 rings (SSSR count). The molecule has 3 N–H and O–H groups in total. The zero-order valence-corrected chi connectivity index (χ0v) is 20.1. The molecule has 0 spiro atoms. The monoisotopic (exact) mass is 516 g/mol. The Labute approximate surface area is 204 Å². The number of H-pyrrole nitrogens is 1. The number of nitrogens with one attached hydrogen (secondary N) is 1. The third-order valence-electron chi connectivity index (χ3n) is 5.57. The number of phenols is 2. The van der Waals surface area contributed by atoms with Crippen LogP contribution in [-0.4, -0.2) is 51.3 Å². The highest BCUT2D eigenvalue weighted by Gasteiger charge is 2.28. The summed E-state index contributed by atoms with van der Waals surface area (Å²) in [4.78, 5) is 12.2. The van der Waals surface area contributed by atoms with Gasteiger partial charge in [-0.2, -0.15) is 5.10 Å². The maximum atomic E-state index is 15.6. The minimum Gasteiger partial charge on any atom is -0.507 e. The second-order valence-corrected chi connectivity index (χ2v) is 10.0. The van der Waals surface area contributed by atoms with Gasteiger partial charge >= 0.3 is 5.69 Å². The van der Waals surface area contributed by atoms with Gasteiger partial charge in [-0.05, 0) is 36.2 Å². The van der Waals surface area contributed by atoms with Gasteiger partial charge in [-0.1, -0.05) is 31.2 Å². The van der Waals surface area contributed by atoms with Crippen LogP contribution < -0.4 is 5.69 Å². The highest BCUT2D eigenvalue weighted by molar-refractivity contribution is 7.89. The van der Waals surface area contributed by atoms with Crippen LogP contribution in [0.25, 0.3) is 28.2 Å². The molecule has 0 aliphatic rings. The number of hydrogen-bond donors (Lipinski definition) is 3. The third-order valence-corrected chi connectivity index (χ3v) is 7.46. The number of aromatic nitrogens is 3. The molecule has 0 bridgehead atoms. The molecule has 188 valence electrons. The number of sulfonamides is 1. The number of nitrogens with zero attached hydrogens (tertiary/aromatic N) is 3. The van der Waals surface area contributed by atoms with E-state index in [0.29, 0.717) is 6.42 Å². The van der Waals surface area contributed by atoms with Crippen molar-refractivity contribution in [2.24, 2.45) is 0 Å². The Kier molecular flexibility index (Phi) is 6.65. The molecule has 9 nitrogen and oxygen atoms in total. The van der Waals surface area contributed by atoms with Crippen molar-refractivity contribution >= 4 is 10.0 Å². The van der Waals surface area contributed by atoms with Crippen LogP contribution in [-0.2, 0) is 10.0 Å². The predicted molar refractivity (Wildman–Crippen MR) is 128 cm³/mol. The molecule has 0 saturated heterocycles. The van der Waals surface area contributed by atoms with Crippen molar-refractivity contribution in [1.29, 1.82) is 0 Å². The minimum atomic E-state index is -4.17. The van der Waals surface area contributed by atoms with Crippen LogP contribution in [0.2, 0.25) is 0 Å². The highest BCUT2D eigenvalue weighted by Crippen LogP contribution is 2.38. The number of benzene rings is 3. The first kappa shape index (κ1) is 25.1. The molecular formula is C24H22F2N4O5S. The van der Waals surface area contributed by atoms with Gasteiger partial charge in [0.15, 0.2) is 11.6 Å². The lowest BCUT2D eigenvalue weighted by Gasteiger charge is -2.18. The van der Waals surface area contributed by atoms with Crippen molar-refractivity contribution < 1.29 is 27.4 Å². The molecule has 1 aromatic heterocycles. The summed E-state index contributed by atoms with van der Waals surface area (Å²) in [5.41, 5.74) is -1.16. The first-order valence-electron chi connectivity index (χ1n) is 10.8. The lowest BCUT2D eigenvalue weighted by atomic mass is 10.0. The average molecular weight is 517 g/mol. The standard InChI is InChI=1S/C24H22F2N4O5S/c1-3-10-29(2)36(34,35)21-12-17(19(31)13-20(21)32)23-27-28-24(33)30(23)18-9-5-8-16(22(18)26)14-6-4-7-15(25)11-14/h4-9,11-13,31-32H,3,10H2,1-2H3,(H,28,33). The van der Waals surface area contributed by atoms with Crippen LogP contribution in [0.3, 0.4) is 0 Å². The van der Waals surface area contributed by atoms with Crippen molar-refractivity contribution in [3.63, 3.8) is 0 Å². The molecule has 0 unspecified atom stereocenters. The molecule has 4 aromatic rings. The van der Waals surface area contributed by atoms with Crippen LogP contribution in [0, 0.1) is 11.6 Å². The summed E-state index contributed by atoms with van der Waals surface area (Å²) in [6.45, 7) is 1.95.